The van der Waals surface area contributed by atoms with E-state index in [1.54, 1.807) is 0 Å². The standard InChI is InChI=1S/C19H26N2O3/c1-5-24-16-11-15(19(16,2)3)21(4)18(23)9-12-6-7-13-10-17(22)20-14(13)8-12/h6-8,15-16H,5,9-11H2,1-4H3,(H,20,22). The second-order valence-corrected chi connectivity index (χ2v) is 7.41. The van der Waals surface area contributed by atoms with Crippen LogP contribution in [0.25, 0.3) is 0 Å². The van der Waals surface area contributed by atoms with Crippen molar-refractivity contribution in [3.8, 4) is 0 Å². The number of benzene rings is 1. The van der Waals surface area contributed by atoms with Gasteiger partial charge in [-0.05, 0) is 30.5 Å². The van der Waals surface area contributed by atoms with Gasteiger partial charge in [0.05, 0.1) is 18.9 Å². The zero-order chi connectivity index (χ0) is 17.5. The number of anilines is 1. The largest absolute Gasteiger partial charge is 0.378 e. The molecule has 0 saturated heterocycles. The van der Waals surface area contributed by atoms with Gasteiger partial charge < -0.3 is 15.0 Å². The highest BCUT2D eigenvalue weighted by Crippen LogP contribution is 2.45. The summed E-state index contributed by atoms with van der Waals surface area (Å²) in [5, 5.41) is 2.84. The molecule has 2 aliphatic rings. The Hall–Kier alpha value is -1.88. The van der Waals surface area contributed by atoms with Crippen LogP contribution in [0.15, 0.2) is 18.2 Å². The fourth-order valence-electron chi connectivity index (χ4n) is 3.85. The number of fused-ring (bicyclic) bond motifs is 1. The lowest BCUT2D eigenvalue weighted by Gasteiger charge is -2.54. The van der Waals surface area contributed by atoms with Crippen LogP contribution < -0.4 is 5.32 Å². The molecule has 1 heterocycles. The number of ether oxygens (including phenoxy) is 1. The second-order valence-electron chi connectivity index (χ2n) is 7.41. The quantitative estimate of drug-likeness (QED) is 0.902. The Bertz CT molecular complexity index is 669. The number of rotatable bonds is 5. The van der Waals surface area contributed by atoms with Crippen molar-refractivity contribution in [3.05, 3.63) is 29.3 Å². The van der Waals surface area contributed by atoms with E-state index in [0.29, 0.717) is 19.4 Å². The smallest absolute Gasteiger partial charge is 0.228 e. The summed E-state index contributed by atoms with van der Waals surface area (Å²) in [6.07, 6.45) is 1.89. The summed E-state index contributed by atoms with van der Waals surface area (Å²) in [5.41, 5.74) is 2.76. The first-order chi connectivity index (χ1) is 11.3. The second kappa shape index (κ2) is 6.20. The summed E-state index contributed by atoms with van der Waals surface area (Å²) >= 11 is 0. The maximum atomic E-state index is 12.7. The molecular weight excluding hydrogens is 304 g/mol. The molecule has 24 heavy (non-hydrogen) atoms. The van der Waals surface area contributed by atoms with E-state index in [9.17, 15) is 9.59 Å². The molecule has 2 atom stereocenters. The van der Waals surface area contributed by atoms with Crippen molar-refractivity contribution < 1.29 is 14.3 Å². The Labute approximate surface area is 143 Å². The Kier molecular flexibility index (Phi) is 4.38. The summed E-state index contributed by atoms with van der Waals surface area (Å²) in [5.74, 6) is 0.121. The molecule has 0 spiro atoms. The predicted molar refractivity (Wildman–Crippen MR) is 92.8 cm³/mol. The van der Waals surface area contributed by atoms with Gasteiger partial charge in [0.15, 0.2) is 0 Å². The van der Waals surface area contributed by atoms with Crippen molar-refractivity contribution in [2.75, 3.05) is 19.0 Å². The van der Waals surface area contributed by atoms with Crippen LogP contribution in [-0.4, -0.2) is 42.5 Å². The third-order valence-electron chi connectivity index (χ3n) is 5.51. The molecule has 1 aliphatic carbocycles. The molecule has 5 heteroatoms. The summed E-state index contributed by atoms with van der Waals surface area (Å²) in [4.78, 5) is 26.0. The van der Waals surface area contributed by atoms with Gasteiger partial charge in [0, 0.05) is 30.8 Å². The van der Waals surface area contributed by atoms with Gasteiger partial charge in [-0.1, -0.05) is 26.0 Å². The third-order valence-corrected chi connectivity index (χ3v) is 5.51. The summed E-state index contributed by atoms with van der Waals surface area (Å²) < 4.78 is 5.75. The zero-order valence-electron chi connectivity index (χ0n) is 14.9. The minimum atomic E-state index is -0.0215. The van der Waals surface area contributed by atoms with Crippen molar-refractivity contribution in [1.29, 1.82) is 0 Å². The fourth-order valence-corrected chi connectivity index (χ4v) is 3.85. The maximum absolute atomic E-state index is 12.7. The van der Waals surface area contributed by atoms with E-state index in [1.807, 2.05) is 37.1 Å². The SMILES string of the molecule is CCOC1CC(N(C)C(=O)Cc2ccc3c(c2)NC(=O)C3)C1(C)C. The minimum Gasteiger partial charge on any atom is -0.378 e. The van der Waals surface area contributed by atoms with Gasteiger partial charge in [-0.25, -0.2) is 0 Å². The highest BCUT2D eigenvalue weighted by Gasteiger charge is 2.51. The lowest BCUT2D eigenvalue weighted by Crippen LogP contribution is -2.62. The fraction of sp³-hybridized carbons (Fsp3) is 0.579. The van der Waals surface area contributed by atoms with Crippen molar-refractivity contribution in [2.45, 2.75) is 52.2 Å². The van der Waals surface area contributed by atoms with Crippen molar-refractivity contribution >= 4 is 17.5 Å². The van der Waals surface area contributed by atoms with E-state index >= 15 is 0 Å². The van der Waals surface area contributed by atoms with Gasteiger partial charge >= 0.3 is 0 Å². The molecule has 0 bridgehead atoms. The Morgan fingerprint density at radius 1 is 1.42 bits per heavy atom. The van der Waals surface area contributed by atoms with Crippen LogP contribution in [0.2, 0.25) is 0 Å². The molecular formula is C19H26N2O3. The number of carbonyl (C=O) groups is 2. The maximum Gasteiger partial charge on any atom is 0.228 e. The van der Waals surface area contributed by atoms with Gasteiger partial charge in [0.2, 0.25) is 11.8 Å². The van der Waals surface area contributed by atoms with Crippen LogP contribution in [-0.2, 0) is 27.2 Å². The molecule has 1 fully saturated rings. The lowest BCUT2D eigenvalue weighted by atomic mass is 9.63. The third kappa shape index (κ3) is 2.93. The highest BCUT2D eigenvalue weighted by molar-refractivity contribution is 5.99. The van der Waals surface area contributed by atoms with Gasteiger partial charge in [0.25, 0.3) is 0 Å². The van der Waals surface area contributed by atoms with Crippen LogP contribution in [0.1, 0.15) is 38.3 Å². The number of nitrogens with zero attached hydrogens (tertiary/aromatic N) is 1. The highest BCUT2D eigenvalue weighted by atomic mass is 16.5. The molecule has 5 nitrogen and oxygen atoms in total. The van der Waals surface area contributed by atoms with E-state index in [4.69, 9.17) is 4.74 Å². The molecule has 1 N–H and O–H groups in total. The van der Waals surface area contributed by atoms with Gasteiger partial charge in [-0.2, -0.15) is 0 Å². The average molecular weight is 330 g/mol. The molecule has 1 aliphatic heterocycles. The summed E-state index contributed by atoms with van der Waals surface area (Å²) in [7, 11) is 1.88. The Morgan fingerprint density at radius 3 is 2.83 bits per heavy atom. The topological polar surface area (TPSA) is 58.6 Å². The van der Waals surface area contributed by atoms with Crippen molar-refractivity contribution in [1.82, 2.24) is 4.90 Å². The van der Waals surface area contributed by atoms with E-state index < -0.39 is 0 Å². The van der Waals surface area contributed by atoms with Crippen molar-refractivity contribution in [2.24, 2.45) is 5.41 Å². The van der Waals surface area contributed by atoms with E-state index in [0.717, 1.165) is 23.2 Å². The average Bonchev–Trinajstić information content (AvgIpc) is 2.89. The van der Waals surface area contributed by atoms with E-state index in [1.165, 1.54) is 0 Å². The van der Waals surface area contributed by atoms with E-state index in [-0.39, 0.29) is 29.4 Å². The number of amides is 2. The van der Waals surface area contributed by atoms with Crippen LogP contribution in [0, 0.1) is 5.41 Å². The minimum absolute atomic E-state index is 0.0174. The summed E-state index contributed by atoms with van der Waals surface area (Å²) in [6.45, 7) is 7.04. The first kappa shape index (κ1) is 17.0. The first-order valence-electron chi connectivity index (χ1n) is 8.61. The van der Waals surface area contributed by atoms with Crippen LogP contribution in [0.4, 0.5) is 5.69 Å². The number of nitrogens with one attached hydrogen (secondary N) is 1. The predicted octanol–water partition coefficient (Wildman–Crippen LogP) is 2.39. The molecule has 1 aromatic rings. The van der Waals surface area contributed by atoms with Crippen LogP contribution in [0.3, 0.4) is 0 Å². The molecule has 1 saturated carbocycles. The van der Waals surface area contributed by atoms with Gasteiger partial charge in [0.1, 0.15) is 0 Å². The van der Waals surface area contributed by atoms with Crippen molar-refractivity contribution in [3.63, 3.8) is 0 Å². The monoisotopic (exact) mass is 330 g/mol. The molecule has 0 radical (unpaired) electrons. The van der Waals surface area contributed by atoms with Gasteiger partial charge in [-0.3, -0.25) is 9.59 Å². The van der Waals surface area contributed by atoms with Crippen LogP contribution in [0.5, 0.6) is 0 Å². The number of carbonyl (C=O) groups excluding carboxylic acids is 2. The van der Waals surface area contributed by atoms with E-state index in [2.05, 4.69) is 19.2 Å². The number of likely N-dealkylation sites (N-methyl/N-ethyl adjacent to an activating group) is 1. The normalized spacial score (nSPS) is 24.1. The summed E-state index contributed by atoms with van der Waals surface area (Å²) in [6, 6.07) is 6.00. The van der Waals surface area contributed by atoms with Crippen LogP contribution >= 0.6 is 0 Å². The first-order valence-corrected chi connectivity index (χ1v) is 8.61. The molecule has 3 rings (SSSR count). The molecule has 2 amide bonds. The lowest BCUT2D eigenvalue weighted by molar-refractivity contribution is -0.162. The van der Waals surface area contributed by atoms with Gasteiger partial charge in [-0.15, -0.1) is 0 Å². The molecule has 2 unspecified atom stereocenters. The Morgan fingerprint density at radius 2 is 2.17 bits per heavy atom. The number of hydrogen-bond donors (Lipinski definition) is 1. The Balaban J connectivity index is 1.63. The zero-order valence-corrected chi connectivity index (χ0v) is 14.9. The molecule has 1 aromatic carbocycles. The molecule has 0 aromatic heterocycles. The number of hydrogen-bond acceptors (Lipinski definition) is 3. The molecule has 130 valence electrons.